The van der Waals surface area contributed by atoms with E-state index in [1.54, 1.807) is 4.68 Å². The first-order chi connectivity index (χ1) is 13.1. The molecule has 2 heterocycles. The molecule has 140 valence electrons. The van der Waals surface area contributed by atoms with Gasteiger partial charge in [0.25, 0.3) is 5.56 Å². The van der Waals surface area contributed by atoms with Gasteiger partial charge in [-0.25, -0.2) is 4.68 Å². The zero-order chi connectivity index (χ0) is 18.8. The van der Waals surface area contributed by atoms with Gasteiger partial charge in [0.1, 0.15) is 0 Å². The molecule has 0 radical (unpaired) electrons. The third-order valence-electron chi connectivity index (χ3n) is 5.50. The summed E-state index contributed by atoms with van der Waals surface area (Å²) in [7, 11) is 1.98. The van der Waals surface area contributed by atoms with Gasteiger partial charge in [-0.2, -0.15) is 0 Å². The van der Waals surface area contributed by atoms with E-state index >= 15 is 0 Å². The highest BCUT2D eigenvalue weighted by Crippen LogP contribution is 2.18. The number of rotatable bonds is 4. The number of hydrogen-bond donors (Lipinski definition) is 0. The van der Waals surface area contributed by atoms with Crippen LogP contribution in [-0.2, 0) is 13.6 Å². The molecule has 27 heavy (non-hydrogen) atoms. The molecule has 0 N–H and O–H groups in total. The largest absolute Gasteiger partial charge is 0.369 e. The molecule has 2 aromatic carbocycles. The summed E-state index contributed by atoms with van der Waals surface area (Å²) < 4.78 is 3.78. The van der Waals surface area contributed by atoms with Crippen LogP contribution in [0.15, 0.2) is 65.5 Å². The van der Waals surface area contributed by atoms with Crippen LogP contribution >= 0.6 is 0 Å². The molecular formula is C22H26N4O. The van der Waals surface area contributed by atoms with E-state index in [-0.39, 0.29) is 5.56 Å². The van der Waals surface area contributed by atoms with Crippen LogP contribution in [0.2, 0.25) is 0 Å². The molecule has 1 saturated heterocycles. The van der Waals surface area contributed by atoms with Crippen molar-refractivity contribution in [2.75, 3.05) is 31.1 Å². The maximum Gasteiger partial charge on any atom is 0.274 e. The Hall–Kier alpha value is -2.79. The fourth-order valence-corrected chi connectivity index (χ4v) is 3.88. The van der Waals surface area contributed by atoms with Crippen LogP contribution in [0.25, 0.3) is 5.69 Å². The van der Waals surface area contributed by atoms with Crippen LogP contribution in [-0.4, -0.2) is 40.4 Å². The Bertz CT molecular complexity index is 951. The van der Waals surface area contributed by atoms with Crippen LogP contribution < -0.4 is 10.5 Å². The molecule has 4 rings (SSSR count). The standard InChI is InChI=1S/C22H26N4O/c1-18-21(23(2)26(22(18)27)20-11-7-4-8-12-20)17-24-13-15-25(16-14-24)19-9-5-3-6-10-19/h3-12H,13-17H2,1-2H3. The number of nitrogens with zero attached hydrogens (tertiary/aromatic N) is 4. The molecule has 0 amide bonds. The molecular weight excluding hydrogens is 336 g/mol. The van der Waals surface area contributed by atoms with Crippen LogP contribution in [0.4, 0.5) is 5.69 Å². The predicted molar refractivity (Wildman–Crippen MR) is 110 cm³/mol. The highest BCUT2D eigenvalue weighted by molar-refractivity contribution is 5.46. The summed E-state index contributed by atoms with van der Waals surface area (Å²) in [5.74, 6) is 0. The summed E-state index contributed by atoms with van der Waals surface area (Å²) in [6.45, 7) is 6.77. The quantitative estimate of drug-likeness (QED) is 0.716. The molecule has 1 aliphatic rings. The summed E-state index contributed by atoms with van der Waals surface area (Å²) in [5, 5.41) is 0. The number of benzene rings is 2. The van der Waals surface area contributed by atoms with Crippen molar-refractivity contribution in [2.24, 2.45) is 7.05 Å². The van der Waals surface area contributed by atoms with Crippen molar-refractivity contribution < 1.29 is 0 Å². The fourth-order valence-electron chi connectivity index (χ4n) is 3.88. The summed E-state index contributed by atoms with van der Waals surface area (Å²) in [6, 6.07) is 20.4. The Morgan fingerprint density at radius 3 is 1.96 bits per heavy atom. The second-order valence-corrected chi connectivity index (χ2v) is 7.15. The number of aromatic nitrogens is 2. The van der Waals surface area contributed by atoms with Gasteiger partial charge in [0, 0.05) is 51.0 Å². The van der Waals surface area contributed by atoms with E-state index in [2.05, 4.69) is 40.1 Å². The second kappa shape index (κ2) is 7.45. The van der Waals surface area contributed by atoms with Crippen LogP contribution in [0.1, 0.15) is 11.3 Å². The molecule has 5 heteroatoms. The maximum absolute atomic E-state index is 12.8. The van der Waals surface area contributed by atoms with E-state index in [9.17, 15) is 4.79 Å². The molecule has 3 aromatic rings. The molecule has 0 atom stereocenters. The molecule has 0 unspecified atom stereocenters. The van der Waals surface area contributed by atoms with Crippen molar-refractivity contribution in [3.63, 3.8) is 0 Å². The van der Waals surface area contributed by atoms with Crippen molar-refractivity contribution in [2.45, 2.75) is 13.5 Å². The lowest BCUT2D eigenvalue weighted by Crippen LogP contribution is -2.46. The average Bonchev–Trinajstić information content (AvgIpc) is 2.93. The molecule has 1 aliphatic heterocycles. The summed E-state index contributed by atoms with van der Waals surface area (Å²) in [6.07, 6.45) is 0. The fraction of sp³-hybridized carbons (Fsp3) is 0.318. The first-order valence-corrected chi connectivity index (χ1v) is 9.50. The third kappa shape index (κ3) is 3.43. The number of hydrogen-bond acceptors (Lipinski definition) is 3. The lowest BCUT2D eigenvalue weighted by atomic mass is 10.2. The first kappa shape index (κ1) is 17.6. The van der Waals surface area contributed by atoms with Crippen LogP contribution in [0.5, 0.6) is 0 Å². The molecule has 0 bridgehead atoms. The minimum absolute atomic E-state index is 0.0709. The molecule has 5 nitrogen and oxygen atoms in total. The van der Waals surface area contributed by atoms with Crippen molar-refractivity contribution in [1.29, 1.82) is 0 Å². The lowest BCUT2D eigenvalue weighted by molar-refractivity contribution is 0.242. The van der Waals surface area contributed by atoms with Gasteiger partial charge in [0.15, 0.2) is 0 Å². The third-order valence-corrected chi connectivity index (χ3v) is 5.50. The lowest BCUT2D eigenvalue weighted by Gasteiger charge is -2.36. The zero-order valence-electron chi connectivity index (χ0n) is 16.0. The van der Waals surface area contributed by atoms with E-state index in [0.717, 1.165) is 49.7 Å². The van der Waals surface area contributed by atoms with Crippen LogP contribution in [0, 0.1) is 6.92 Å². The van der Waals surface area contributed by atoms with Gasteiger partial charge in [0.2, 0.25) is 0 Å². The number of para-hydroxylation sites is 2. The minimum Gasteiger partial charge on any atom is -0.369 e. The van der Waals surface area contributed by atoms with Crippen LogP contribution in [0.3, 0.4) is 0 Å². The molecule has 1 fully saturated rings. The minimum atomic E-state index is 0.0709. The topological polar surface area (TPSA) is 33.4 Å². The number of piperazine rings is 1. The highest BCUT2D eigenvalue weighted by Gasteiger charge is 2.21. The highest BCUT2D eigenvalue weighted by atomic mass is 16.1. The SMILES string of the molecule is Cc1c(CN2CCN(c3ccccc3)CC2)n(C)n(-c2ccccc2)c1=O. The van der Waals surface area contributed by atoms with Crippen molar-refractivity contribution >= 4 is 5.69 Å². The molecule has 1 aromatic heterocycles. The van der Waals surface area contributed by atoms with Gasteiger partial charge >= 0.3 is 0 Å². The summed E-state index contributed by atoms with van der Waals surface area (Å²) in [5.41, 5.74) is 4.20. The van der Waals surface area contributed by atoms with E-state index in [4.69, 9.17) is 0 Å². The smallest absolute Gasteiger partial charge is 0.274 e. The second-order valence-electron chi connectivity index (χ2n) is 7.15. The number of anilines is 1. The Morgan fingerprint density at radius 1 is 0.815 bits per heavy atom. The Balaban J connectivity index is 1.50. The van der Waals surface area contributed by atoms with Crippen molar-refractivity contribution in [3.8, 4) is 5.69 Å². The van der Waals surface area contributed by atoms with Gasteiger partial charge in [0.05, 0.1) is 11.4 Å². The average molecular weight is 362 g/mol. The normalized spacial score (nSPS) is 15.3. The zero-order valence-corrected chi connectivity index (χ0v) is 16.0. The monoisotopic (exact) mass is 362 g/mol. The Morgan fingerprint density at radius 2 is 1.37 bits per heavy atom. The van der Waals surface area contributed by atoms with Crippen molar-refractivity contribution in [3.05, 3.63) is 82.3 Å². The predicted octanol–water partition coefficient (Wildman–Crippen LogP) is 2.81. The van der Waals surface area contributed by atoms with E-state index in [0.29, 0.717) is 0 Å². The summed E-state index contributed by atoms with van der Waals surface area (Å²) in [4.78, 5) is 17.7. The Kier molecular flexibility index (Phi) is 4.86. The van der Waals surface area contributed by atoms with Gasteiger partial charge in [-0.15, -0.1) is 0 Å². The van der Waals surface area contributed by atoms with Gasteiger partial charge in [-0.1, -0.05) is 36.4 Å². The van der Waals surface area contributed by atoms with E-state index < -0.39 is 0 Å². The molecule has 0 spiro atoms. The van der Waals surface area contributed by atoms with Gasteiger partial charge < -0.3 is 4.90 Å². The van der Waals surface area contributed by atoms with Gasteiger partial charge in [-0.3, -0.25) is 14.4 Å². The molecule has 0 saturated carbocycles. The van der Waals surface area contributed by atoms with Crippen molar-refractivity contribution in [1.82, 2.24) is 14.3 Å². The van der Waals surface area contributed by atoms with E-state index in [1.807, 2.05) is 49.0 Å². The summed E-state index contributed by atoms with van der Waals surface area (Å²) >= 11 is 0. The Labute approximate surface area is 160 Å². The van der Waals surface area contributed by atoms with E-state index in [1.165, 1.54) is 5.69 Å². The maximum atomic E-state index is 12.8. The molecule has 0 aliphatic carbocycles. The first-order valence-electron chi connectivity index (χ1n) is 9.50. The van der Waals surface area contributed by atoms with Gasteiger partial charge in [-0.05, 0) is 31.2 Å².